The van der Waals surface area contributed by atoms with E-state index < -0.39 is 0 Å². The van der Waals surface area contributed by atoms with E-state index in [1.807, 2.05) is 12.1 Å². The monoisotopic (exact) mass is 342 g/mol. The molecule has 0 saturated carbocycles. The molecule has 0 fully saturated rings. The Morgan fingerprint density at radius 2 is 2.21 bits per heavy atom. The van der Waals surface area contributed by atoms with Gasteiger partial charge in [-0.05, 0) is 39.7 Å². The summed E-state index contributed by atoms with van der Waals surface area (Å²) in [4.78, 5) is 4.02. The fraction of sp³-hybridized carbons (Fsp3) is 0.154. The number of pyridine rings is 1. The van der Waals surface area contributed by atoms with E-state index in [1.165, 1.54) is 7.11 Å². The summed E-state index contributed by atoms with van der Waals surface area (Å²) in [6.45, 7) is 0.523. The maximum Gasteiger partial charge on any atom is 0.160 e. The molecule has 6 heteroatoms. The zero-order chi connectivity index (χ0) is 13.8. The topological polar surface area (TPSA) is 54.4 Å². The molecule has 0 aliphatic heterocycles. The number of aromatic hydroxyl groups is 1. The van der Waals surface area contributed by atoms with Crippen molar-refractivity contribution in [3.05, 3.63) is 45.7 Å². The second-order valence-corrected chi connectivity index (χ2v) is 5.13. The lowest BCUT2D eigenvalue weighted by Gasteiger charge is -2.10. The van der Waals surface area contributed by atoms with Crippen LogP contribution in [0.2, 0.25) is 5.15 Å². The summed E-state index contributed by atoms with van der Waals surface area (Å²) in [5, 5.41) is 13.3. The molecule has 0 bridgehead atoms. The van der Waals surface area contributed by atoms with Crippen LogP contribution in [-0.2, 0) is 6.54 Å². The van der Waals surface area contributed by atoms with Crippen LogP contribution in [0, 0.1) is 0 Å². The molecule has 19 heavy (non-hydrogen) atoms. The van der Waals surface area contributed by atoms with Gasteiger partial charge >= 0.3 is 0 Å². The molecule has 2 aromatic rings. The van der Waals surface area contributed by atoms with Crippen molar-refractivity contribution < 1.29 is 9.84 Å². The molecule has 1 aromatic carbocycles. The molecule has 0 aliphatic carbocycles. The van der Waals surface area contributed by atoms with Crippen molar-refractivity contribution in [3.63, 3.8) is 0 Å². The van der Waals surface area contributed by atoms with E-state index in [9.17, 15) is 5.11 Å². The largest absolute Gasteiger partial charge is 0.504 e. The van der Waals surface area contributed by atoms with Gasteiger partial charge in [0, 0.05) is 17.2 Å². The third kappa shape index (κ3) is 3.52. The first kappa shape index (κ1) is 14.0. The van der Waals surface area contributed by atoms with Crippen LogP contribution < -0.4 is 10.1 Å². The van der Waals surface area contributed by atoms with E-state index in [0.29, 0.717) is 17.4 Å². The zero-order valence-corrected chi connectivity index (χ0v) is 12.5. The fourth-order valence-corrected chi connectivity index (χ4v) is 2.09. The fourth-order valence-electron chi connectivity index (χ4n) is 1.59. The number of benzene rings is 1. The molecule has 0 unspecified atom stereocenters. The van der Waals surface area contributed by atoms with Crippen LogP contribution in [-0.4, -0.2) is 17.2 Å². The second kappa shape index (κ2) is 6.12. The molecule has 0 saturated heterocycles. The number of phenols is 1. The van der Waals surface area contributed by atoms with E-state index in [-0.39, 0.29) is 5.75 Å². The number of hydrogen-bond acceptors (Lipinski definition) is 4. The second-order valence-electron chi connectivity index (χ2n) is 3.85. The summed E-state index contributed by atoms with van der Waals surface area (Å²) in [5.74, 6) is 0.561. The quantitative estimate of drug-likeness (QED) is 0.829. The normalized spacial score (nSPS) is 10.3. The lowest BCUT2D eigenvalue weighted by Crippen LogP contribution is -2.01. The Labute approximate surface area is 124 Å². The third-order valence-corrected chi connectivity index (χ3v) is 3.27. The van der Waals surface area contributed by atoms with E-state index in [4.69, 9.17) is 16.3 Å². The number of anilines is 1. The van der Waals surface area contributed by atoms with E-state index >= 15 is 0 Å². The summed E-state index contributed by atoms with van der Waals surface area (Å²) < 4.78 is 5.83. The Morgan fingerprint density at radius 3 is 2.89 bits per heavy atom. The average Bonchev–Trinajstić information content (AvgIpc) is 2.40. The zero-order valence-electron chi connectivity index (χ0n) is 10.2. The molecule has 4 nitrogen and oxygen atoms in total. The minimum absolute atomic E-state index is 0.111. The van der Waals surface area contributed by atoms with Crippen LogP contribution in [0.1, 0.15) is 5.56 Å². The predicted molar refractivity (Wildman–Crippen MR) is 78.9 cm³/mol. The van der Waals surface area contributed by atoms with Crippen molar-refractivity contribution in [1.82, 2.24) is 4.98 Å². The van der Waals surface area contributed by atoms with Gasteiger partial charge in [-0.1, -0.05) is 17.7 Å². The molecule has 2 rings (SSSR count). The standard InChI is InChI=1S/C13H12BrClN2O2/c1-19-12-3-2-8(4-11(12)18)6-16-10-5-9(14)7-17-13(10)15/h2-5,7,16,18H,6H2,1H3. The van der Waals surface area contributed by atoms with Gasteiger partial charge in [-0.3, -0.25) is 0 Å². The highest BCUT2D eigenvalue weighted by molar-refractivity contribution is 9.10. The molecule has 100 valence electrons. The van der Waals surface area contributed by atoms with Crippen LogP contribution in [0.5, 0.6) is 11.5 Å². The number of hydrogen-bond donors (Lipinski definition) is 2. The number of aromatic nitrogens is 1. The molecule has 1 aromatic heterocycles. The first-order chi connectivity index (χ1) is 9.10. The number of nitrogens with one attached hydrogen (secondary N) is 1. The number of halogens is 2. The first-order valence-corrected chi connectivity index (χ1v) is 6.68. The molecule has 2 N–H and O–H groups in total. The smallest absolute Gasteiger partial charge is 0.160 e. The number of phenolic OH excluding ortho intramolecular Hbond substituents is 1. The predicted octanol–water partition coefficient (Wildman–Crippen LogP) is 3.82. The molecular weight excluding hydrogens is 332 g/mol. The van der Waals surface area contributed by atoms with Crippen molar-refractivity contribution in [3.8, 4) is 11.5 Å². The van der Waals surface area contributed by atoms with Crippen molar-refractivity contribution in [2.45, 2.75) is 6.54 Å². The summed E-state index contributed by atoms with van der Waals surface area (Å²) in [5.41, 5.74) is 1.64. The van der Waals surface area contributed by atoms with Gasteiger partial charge < -0.3 is 15.2 Å². The summed E-state index contributed by atoms with van der Waals surface area (Å²) >= 11 is 9.31. The molecule has 0 amide bonds. The van der Waals surface area contributed by atoms with Gasteiger partial charge in [0.25, 0.3) is 0 Å². The summed E-state index contributed by atoms with van der Waals surface area (Å²) in [6.07, 6.45) is 1.63. The van der Waals surface area contributed by atoms with Crippen LogP contribution in [0.25, 0.3) is 0 Å². The van der Waals surface area contributed by atoms with E-state index in [1.54, 1.807) is 18.3 Å². The molecule has 0 radical (unpaired) electrons. The lowest BCUT2D eigenvalue weighted by molar-refractivity contribution is 0.373. The van der Waals surface area contributed by atoms with Crippen molar-refractivity contribution in [2.24, 2.45) is 0 Å². The van der Waals surface area contributed by atoms with Gasteiger partial charge in [-0.2, -0.15) is 0 Å². The van der Waals surface area contributed by atoms with Gasteiger partial charge in [-0.25, -0.2) is 4.98 Å². The van der Waals surface area contributed by atoms with Gasteiger partial charge in [-0.15, -0.1) is 0 Å². The first-order valence-electron chi connectivity index (χ1n) is 5.51. The Kier molecular flexibility index (Phi) is 4.50. The Balaban J connectivity index is 2.10. The number of ether oxygens (including phenoxy) is 1. The van der Waals surface area contributed by atoms with Gasteiger partial charge in [0.1, 0.15) is 0 Å². The van der Waals surface area contributed by atoms with Crippen molar-refractivity contribution >= 4 is 33.2 Å². The maximum atomic E-state index is 9.69. The van der Waals surface area contributed by atoms with Gasteiger partial charge in [0.2, 0.25) is 0 Å². The number of methoxy groups -OCH3 is 1. The van der Waals surface area contributed by atoms with Crippen molar-refractivity contribution in [1.29, 1.82) is 0 Å². The Bertz CT molecular complexity index is 593. The number of rotatable bonds is 4. The molecule has 1 heterocycles. The minimum atomic E-state index is 0.111. The molecular formula is C13H12BrClN2O2. The van der Waals surface area contributed by atoms with Crippen LogP contribution >= 0.6 is 27.5 Å². The Hall–Kier alpha value is -1.46. The van der Waals surface area contributed by atoms with Crippen LogP contribution in [0.15, 0.2) is 34.9 Å². The van der Waals surface area contributed by atoms with E-state index in [0.717, 1.165) is 15.7 Å². The SMILES string of the molecule is COc1ccc(CNc2cc(Br)cnc2Cl)cc1O. The maximum absolute atomic E-state index is 9.69. The summed E-state index contributed by atoms with van der Waals surface area (Å²) in [6, 6.07) is 7.07. The van der Waals surface area contributed by atoms with Crippen LogP contribution in [0.3, 0.4) is 0 Å². The number of nitrogens with zero attached hydrogens (tertiary/aromatic N) is 1. The summed E-state index contributed by atoms with van der Waals surface area (Å²) in [7, 11) is 1.51. The van der Waals surface area contributed by atoms with Gasteiger partial charge in [0.15, 0.2) is 16.7 Å². The minimum Gasteiger partial charge on any atom is -0.504 e. The Morgan fingerprint density at radius 1 is 1.42 bits per heavy atom. The molecule has 0 aliphatic rings. The average molecular weight is 344 g/mol. The highest BCUT2D eigenvalue weighted by atomic mass is 79.9. The third-order valence-electron chi connectivity index (χ3n) is 2.53. The highest BCUT2D eigenvalue weighted by Crippen LogP contribution is 2.27. The van der Waals surface area contributed by atoms with Gasteiger partial charge in [0.05, 0.1) is 12.8 Å². The van der Waals surface area contributed by atoms with E-state index in [2.05, 4.69) is 26.2 Å². The highest BCUT2D eigenvalue weighted by Gasteiger charge is 2.05. The lowest BCUT2D eigenvalue weighted by atomic mass is 10.2. The molecule has 0 atom stereocenters. The van der Waals surface area contributed by atoms with Crippen LogP contribution in [0.4, 0.5) is 5.69 Å². The van der Waals surface area contributed by atoms with Crippen molar-refractivity contribution in [2.75, 3.05) is 12.4 Å². The molecule has 0 spiro atoms.